The van der Waals surface area contributed by atoms with Gasteiger partial charge in [0.25, 0.3) is 0 Å². The molecular weight excluding hydrogens is 312 g/mol. The molecule has 2 rings (SSSR count). The Kier molecular flexibility index (Phi) is 7.20. The molecule has 0 aromatic heterocycles. The lowest BCUT2D eigenvalue weighted by molar-refractivity contribution is -0.128. The predicted octanol–water partition coefficient (Wildman–Crippen LogP) is 3.39. The van der Waals surface area contributed by atoms with Gasteiger partial charge in [-0.25, -0.2) is 0 Å². The molecule has 0 aliphatic carbocycles. The van der Waals surface area contributed by atoms with Crippen LogP contribution in [0, 0.1) is 0 Å². The Hall–Kier alpha value is -2.62. The lowest BCUT2D eigenvalue weighted by Gasteiger charge is -2.22. The Labute approximate surface area is 149 Å². The highest BCUT2D eigenvalue weighted by atomic mass is 16.2. The Bertz CT molecular complexity index is 671. The fraction of sp³-hybridized carbons (Fsp3) is 0.333. The van der Waals surface area contributed by atoms with Crippen LogP contribution in [-0.2, 0) is 16.0 Å². The molecule has 0 spiro atoms. The molecule has 0 fully saturated rings. The molecule has 4 heteroatoms. The van der Waals surface area contributed by atoms with Gasteiger partial charge < -0.3 is 10.6 Å². The van der Waals surface area contributed by atoms with Crippen LogP contribution in [0.2, 0.25) is 0 Å². The van der Waals surface area contributed by atoms with Gasteiger partial charge in [0.1, 0.15) is 6.04 Å². The molecular formula is C21H26N2O2. The Morgan fingerprint density at radius 1 is 0.920 bits per heavy atom. The molecule has 0 radical (unpaired) electrons. The summed E-state index contributed by atoms with van der Waals surface area (Å²) in [6.07, 6.45) is 2.79. The van der Waals surface area contributed by atoms with Crippen LogP contribution in [0.4, 0.5) is 0 Å². The van der Waals surface area contributed by atoms with Crippen molar-refractivity contribution in [2.24, 2.45) is 0 Å². The molecule has 0 saturated carbocycles. The van der Waals surface area contributed by atoms with Gasteiger partial charge in [0, 0.05) is 6.92 Å². The highest BCUT2D eigenvalue weighted by Crippen LogP contribution is 2.20. The van der Waals surface area contributed by atoms with E-state index in [0.717, 1.165) is 24.8 Å². The Morgan fingerprint density at radius 2 is 1.52 bits per heavy atom. The summed E-state index contributed by atoms with van der Waals surface area (Å²) in [5.74, 6) is -0.369. The van der Waals surface area contributed by atoms with Crippen molar-refractivity contribution in [1.29, 1.82) is 0 Å². The smallest absolute Gasteiger partial charge is 0.242 e. The molecule has 0 aliphatic heterocycles. The van der Waals surface area contributed by atoms with Crippen LogP contribution in [-0.4, -0.2) is 17.9 Å². The van der Waals surface area contributed by atoms with Crippen molar-refractivity contribution < 1.29 is 9.59 Å². The van der Waals surface area contributed by atoms with Crippen molar-refractivity contribution in [3.63, 3.8) is 0 Å². The second-order valence-corrected chi connectivity index (χ2v) is 6.27. The maximum Gasteiger partial charge on any atom is 0.242 e. The minimum Gasteiger partial charge on any atom is -0.348 e. The van der Waals surface area contributed by atoms with Gasteiger partial charge in [-0.3, -0.25) is 9.59 Å². The third-order valence-electron chi connectivity index (χ3n) is 4.13. The molecule has 25 heavy (non-hydrogen) atoms. The minimum absolute atomic E-state index is 0.0615. The van der Waals surface area contributed by atoms with E-state index in [0.29, 0.717) is 0 Å². The number of carbonyl (C=O) groups is 2. The molecule has 0 bridgehead atoms. The summed E-state index contributed by atoms with van der Waals surface area (Å²) in [7, 11) is 0. The zero-order valence-corrected chi connectivity index (χ0v) is 14.9. The number of benzene rings is 2. The third kappa shape index (κ3) is 6.42. The first kappa shape index (κ1) is 18.7. The molecule has 2 N–H and O–H groups in total. The zero-order valence-electron chi connectivity index (χ0n) is 14.9. The van der Waals surface area contributed by atoms with Gasteiger partial charge in [-0.1, -0.05) is 60.7 Å². The summed E-state index contributed by atoms with van der Waals surface area (Å²) in [5, 5.41) is 5.70. The van der Waals surface area contributed by atoms with Crippen LogP contribution in [0.1, 0.15) is 43.9 Å². The molecule has 2 amide bonds. The number of hydrogen-bond donors (Lipinski definition) is 2. The van der Waals surface area contributed by atoms with Crippen molar-refractivity contribution in [3.8, 4) is 0 Å². The second-order valence-electron chi connectivity index (χ2n) is 6.27. The number of carbonyl (C=O) groups excluding carboxylic acids is 2. The summed E-state index contributed by atoms with van der Waals surface area (Å²) >= 11 is 0. The van der Waals surface area contributed by atoms with E-state index in [2.05, 4.69) is 22.8 Å². The van der Waals surface area contributed by atoms with Gasteiger partial charge in [0.05, 0.1) is 6.04 Å². The average molecular weight is 338 g/mol. The highest BCUT2D eigenvalue weighted by molar-refractivity contribution is 5.86. The maximum atomic E-state index is 12.4. The average Bonchev–Trinajstić information content (AvgIpc) is 2.62. The number of hydrogen-bond acceptors (Lipinski definition) is 2. The lowest BCUT2D eigenvalue weighted by atomic mass is 9.98. The van der Waals surface area contributed by atoms with Crippen LogP contribution in [0.15, 0.2) is 60.7 Å². The normalized spacial score (nSPS) is 12.9. The van der Waals surface area contributed by atoms with Crippen molar-refractivity contribution in [2.45, 2.75) is 45.2 Å². The number of aryl methyl sites for hydroxylation is 1. The third-order valence-corrected chi connectivity index (χ3v) is 4.13. The summed E-state index contributed by atoms with van der Waals surface area (Å²) in [6, 6.07) is 19.7. The van der Waals surface area contributed by atoms with E-state index in [1.54, 1.807) is 6.92 Å². The van der Waals surface area contributed by atoms with Crippen LogP contribution in [0.25, 0.3) is 0 Å². The fourth-order valence-electron chi connectivity index (χ4n) is 2.83. The van der Waals surface area contributed by atoms with Crippen molar-refractivity contribution in [1.82, 2.24) is 10.6 Å². The summed E-state index contributed by atoms with van der Waals surface area (Å²) in [5.41, 5.74) is 2.38. The van der Waals surface area contributed by atoms with Crippen molar-refractivity contribution in [3.05, 3.63) is 71.8 Å². The molecule has 0 heterocycles. The van der Waals surface area contributed by atoms with Gasteiger partial charge in [-0.05, 0) is 37.3 Å². The topological polar surface area (TPSA) is 58.2 Å². The van der Waals surface area contributed by atoms with Gasteiger partial charge in [-0.2, -0.15) is 0 Å². The SMILES string of the molecule is CC(=O)NC(C)C(=O)NC(CCCc1ccccc1)c1ccccc1. The van der Waals surface area contributed by atoms with E-state index in [4.69, 9.17) is 0 Å². The highest BCUT2D eigenvalue weighted by Gasteiger charge is 2.19. The first-order valence-electron chi connectivity index (χ1n) is 8.72. The van der Waals surface area contributed by atoms with E-state index >= 15 is 0 Å². The van der Waals surface area contributed by atoms with E-state index in [1.807, 2.05) is 48.5 Å². The molecule has 0 saturated heterocycles. The van der Waals surface area contributed by atoms with E-state index in [-0.39, 0.29) is 17.9 Å². The first-order valence-corrected chi connectivity index (χ1v) is 8.72. The summed E-state index contributed by atoms with van der Waals surface area (Å²) in [6.45, 7) is 3.11. The first-order chi connectivity index (χ1) is 12.1. The largest absolute Gasteiger partial charge is 0.348 e. The zero-order chi connectivity index (χ0) is 18.1. The summed E-state index contributed by atoms with van der Waals surface area (Å²) < 4.78 is 0. The molecule has 132 valence electrons. The van der Waals surface area contributed by atoms with Crippen LogP contribution >= 0.6 is 0 Å². The molecule has 2 aromatic rings. The standard InChI is InChI=1S/C21H26N2O2/c1-16(22-17(2)24)21(25)23-20(19-13-7-4-8-14-19)15-9-12-18-10-5-3-6-11-18/h3-8,10-11,13-14,16,20H,9,12,15H2,1-2H3,(H,22,24)(H,23,25). The Morgan fingerprint density at radius 3 is 2.12 bits per heavy atom. The van der Waals surface area contributed by atoms with Crippen molar-refractivity contribution >= 4 is 11.8 Å². The monoisotopic (exact) mass is 338 g/mol. The van der Waals surface area contributed by atoms with E-state index < -0.39 is 6.04 Å². The van der Waals surface area contributed by atoms with Crippen molar-refractivity contribution in [2.75, 3.05) is 0 Å². The molecule has 2 unspecified atom stereocenters. The molecule has 4 nitrogen and oxygen atoms in total. The van der Waals surface area contributed by atoms with Crippen LogP contribution in [0.5, 0.6) is 0 Å². The lowest BCUT2D eigenvalue weighted by Crippen LogP contribution is -2.45. The summed E-state index contributed by atoms with van der Waals surface area (Å²) in [4.78, 5) is 23.5. The molecule has 0 aliphatic rings. The predicted molar refractivity (Wildman–Crippen MR) is 100.0 cm³/mol. The number of rotatable bonds is 8. The maximum absolute atomic E-state index is 12.4. The quantitative estimate of drug-likeness (QED) is 0.775. The van der Waals surface area contributed by atoms with Crippen LogP contribution in [0.3, 0.4) is 0 Å². The molecule has 2 aromatic carbocycles. The van der Waals surface area contributed by atoms with E-state index in [9.17, 15) is 9.59 Å². The number of amides is 2. The van der Waals surface area contributed by atoms with Gasteiger partial charge in [0.2, 0.25) is 11.8 Å². The Balaban J connectivity index is 1.98. The molecule has 2 atom stereocenters. The van der Waals surface area contributed by atoms with E-state index in [1.165, 1.54) is 12.5 Å². The van der Waals surface area contributed by atoms with Gasteiger partial charge >= 0.3 is 0 Å². The second kappa shape index (κ2) is 9.62. The van der Waals surface area contributed by atoms with Gasteiger partial charge in [-0.15, -0.1) is 0 Å². The minimum atomic E-state index is -0.544. The fourth-order valence-corrected chi connectivity index (χ4v) is 2.83. The number of nitrogens with one attached hydrogen (secondary N) is 2. The van der Waals surface area contributed by atoms with Crippen LogP contribution < -0.4 is 10.6 Å². The van der Waals surface area contributed by atoms with Gasteiger partial charge in [0.15, 0.2) is 0 Å².